The summed E-state index contributed by atoms with van der Waals surface area (Å²) >= 11 is 0. The standard InChI is InChI=1S/C10H18O2/c11-9-5-1-3-7(9)8-4-2-6-10(8)12/h7-12H,1-6H2/t7-,8+,9+,10-. The predicted octanol–water partition coefficient (Wildman–Crippen LogP) is 1.31. The fourth-order valence-corrected chi connectivity index (χ4v) is 2.94. The van der Waals surface area contributed by atoms with E-state index in [1.54, 1.807) is 0 Å². The second kappa shape index (κ2) is 3.35. The van der Waals surface area contributed by atoms with Crippen molar-refractivity contribution in [3.63, 3.8) is 0 Å². The number of hydrogen-bond donors (Lipinski definition) is 2. The van der Waals surface area contributed by atoms with Gasteiger partial charge in [-0.25, -0.2) is 0 Å². The van der Waals surface area contributed by atoms with Crippen molar-refractivity contribution in [1.29, 1.82) is 0 Å². The van der Waals surface area contributed by atoms with E-state index in [0.29, 0.717) is 11.8 Å². The van der Waals surface area contributed by atoms with Crippen LogP contribution in [0.15, 0.2) is 0 Å². The zero-order valence-electron chi connectivity index (χ0n) is 7.45. The minimum absolute atomic E-state index is 0.122. The van der Waals surface area contributed by atoms with Gasteiger partial charge >= 0.3 is 0 Å². The summed E-state index contributed by atoms with van der Waals surface area (Å²) in [5.41, 5.74) is 0. The van der Waals surface area contributed by atoms with Gasteiger partial charge in [0.25, 0.3) is 0 Å². The first-order chi connectivity index (χ1) is 5.79. The van der Waals surface area contributed by atoms with Crippen LogP contribution in [0.2, 0.25) is 0 Å². The molecular formula is C10H18O2. The molecule has 0 spiro atoms. The van der Waals surface area contributed by atoms with Crippen molar-refractivity contribution in [3.8, 4) is 0 Å². The topological polar surface area (TPSA) is 40.5 Å². The first kappa shape index (κ1) is 8.52. The van der Waals surface area contributed by atoms with Crippen LogP contribution in [-0.2, 0) is 0 Å². The van der Waals surface area contributed by atoms with E-state index in [-0.39, 0.29) is 12.2 Å². The lowest BCUT2D eigenvalue weighted by molar-refractivity contribution is 0.0398. The van der Waals surface area contributed by atoms with E-state index in [4.69, 9.17) is 0 Å². The van der Waals surface area contributed by atoms with E-state index in [0.717, 1.165) is 38.5 Å². The summed E-state index contributed by atoms with van der Waals surface area (Å²) in [6, 6.07) is 0. The molecule has 4 atom stereocenters. The molecule has 0 bridgehead atoms. The van der Waals surface area contributed by atoms with Gasteiger partial charge in [-0.2, -0.15) is 0 Å². The molecule has 2 aliphatic carbocycles. The Morgan fingerprint density at radius 3 is 1.33 bits per heavy atom. The molecule has 2 N–H and O–H groups in total. The minimum Gasteiger partial charge on any atom is -0.393 e. The van der Waals surface area contributed by atoms with E-state index in [1.807, 2.05) is 0 Å². The summed E-state index contributed by atoms with van der Waals surface area (Å²) in [6.07, 6.45) is 6.21. The summed E-state index contributed by atoms with van der Waals surface area (Å²) < 4.78 is 0. The normalized spacial score (nSPS) is 48.5. The van der Waals surface area contributed by atoms with Crippen LogP contribution in [0, 0.1) is 11.8 Å². The van der Waals surface area contributed by atoms with Crippen LogP contribution in [-0.4, -0.2) is 22.4 Å². The van der Waals surface area contributed by atoms with Crippen LogP contribution < -0.4 is 0 Å². The molecule has 2 aliphatic rings. The number of aliphatic hydroxyl groups is 2. The summed E-state index contributed by atoms with van der Waals surface area (Å²) in [4.78, 5) is 0. The van der Waals surface area contributed by atoms with Gasteiger partial charge in [-0.15, -0.1) is 0 Å². The van der Waals surface area contributed by atoms with Crippen molar-refractivity contribution in [1.82, 2.24) is 0 Å². The molecule has 0 amide bonds. The zero-order valence-corrected chi connectivity index (χ0v) is 7.45. The second-order valence-electron chi connectivity index (χ2n) is 4.32. The van der Waals surface area contributed by atoms with E-state index in [9.17, 15) is 10.2 Å². The van der Waals surface area contributed by atoms with Crippen molar-refractivity contribution >= 4 is 0 Å². The molecule has 0 saturated heterocycles. The first-order valence-electron chi connectivity index (χ1n) is 5.15. The quantitative estimate of drug-likeness (QED) is 0.623. The summed E-state index contributed by atoms with van der Waals surface area (Å²) in [6.45, 7) is 0. The smallest absolute Gasteiger partial charge is 0.0572 e. The third kappa shape index (κ3) is 1.38. The molecule has 0 unspecified atom stereocenters. The lowest BCUT2D eigenvalue weighted by atomic mass is 9.86. The Hall–Kier alpha value is -0.0800. The second-order valence-corrected chi connectivity index (χ2v) is 4.32. The molecule has 70 valence electrons. The van der Waals surface area contributed by atoms with Gasteiger partial charge in [-0.1, -0.05) is 12.8 Å². The van der Waals surface area contributed by atoms with E-state index < -0.39 is 0 Å². The fraction of sp³-hybridized carbons (Fsp3) is 1.00. The molecule has 0 aromatic carbocycles. The molecular weight excluding hydrogens is 152 g/mol. The molecule has 0 aromatic heterocycles. The van der Waals surface area contributed by atoms with Crippen molar-refractivity contribution < 1.29 is 10.2 Å². The van der Waals surface area contributed by atoms with Gasteiger partial charge in [0.1, 0.15) is 0 Å². The van der Waals surface area contributed by atoms with Crippen molar-refractivity contribution in [2.24, 2.45) is 11.8 Å². The Bertz CT molecular complexity index is 140. The van der Waals surface area contributed by atoms with Gasteiger partial charge in [0.15, 0.2) is 0 Å². The number of hydrogen-bond acceptors (Lipinski definition) is 2. The molecule has 2 nitrogen and oxygen atoms in total. The van der Waals surface area contributed by atoms with Crippen LogP contribution >= 0.6 is 0 Å². The van der Waals surface area contributed by atoms with Gasteiger partial charge < -0.3 is 10.2 Å². The average Bonchev–Trinajstić information content (AvgIpc) is 2.59. The highest BCUT2D eigenvalue weighted by atomic mass is 16.3. The molecule has 2 saturated carbocycles. The Labute approximate surface area is 73.6 Å². The number of aliphatic hydroxyl groups excluding tert-OH is 2. The Balaban J connectivity index is 1.98. The van der Waals surface area contributed by atoms with E-state index >= 15 is 0 Å². The van der Waals surface area contributed by atoms with Crippen LogP contribution in [0.25, 0.3) is 0 Å². The molecule has 0 aromatic rings. The average molecular weight is 170 g/mol. The monoisotopic (exact) mass is 170 g/mol. The number of rotatable bonds is 1. The molecule has 0 aliphatic heterocycles. The maximum atomic E-state index is 9.66. The highest BCUT2D eigenvalue weighted by molar-refractivity contribution is 4.89. The van der Waals surface area contributed by atoms with Gasteiger partial charge in [0.05, 0.1) is 12.2 Å². The third-order valence-electron chi connectivity index (χ3n) is 3.61. The van der Waals surface area contributed by atoms with E-state index in [1.165, 1.54) is 0 Å². The van der Waals surface area contributed by atoms with Gasteiger partial charge in [-0.05, 0) is 37.5 Å². The predicted molar refractivity (Wildman–Crippen MR) is 46.7 cm³/mol. The lowest BCUT2D eigenvalue weighted by Gasteiger charge is -2.24. The minimum atomic E-state index is -0.122. The van der Waals surface area contributed by atoms with E-state index in [2.05, 4.69) is 0 Å². The van der Waals surface area contributed by atoms with Crippen LogP contribution in [0.3, 0.4) is 0 Å². The first-order valence-corrected chi connectivity index (χ1v) is 5.15. The molecule has 12 heavy (non-hydrogen) atoms. The molecule has 2 heteroatoms. The summed E-state index contributed by atoms with van der Waals surface area (Å²) in [7, 11) is 0. The lowest BCUT2D eigenvalue weighted by Crippen LogP contribution is -2.28. The summed E-state index contributed by atoms with van der Waals surface area (Å²) in [5, 5.41) is 19.3. The van der Waals surface area contributed by atoms with Crippen LogP contribution in [0.5, 0.6) is 0 Å². The van der Waals surface area contributed by atoms with Crippen molar-refractivity contribution in [2.45, 2.75) is 50.7 Å². The van der Waals surface area contributed by atoms with Gasteiger partial charge in [0, 0.05) is 0 Å². The Morgan fingerprint density at radius 2 is 1.08 bits per heavy atom. The van der Waals surface area contributed by atoms with Gasteiger partial charge in [-0.3, -0.25) is 0 Å². The Morgan fingerprint density at radius 1 is 0.667 bits per heavy atom. The highest BCUT2D eigenvalue weighted by Gasteiger charge is 2.38. The molecule has 0 heterocycles. The largest absolute Gasteiger partial charge is 0.393 e. The van der Waals surface area contributed by atoms with Gasteiger partial charge in [0.2, 0.25) is 0 Å². The van der Waals surface area contributed by atoms with Crippen LogP contribution in [0.4, 0.5) is 0 Å². The Kier molecular flexibility index (Phi) is 2.37. The van der Waals surface area contributed by atoms with Crippen molar-refractivity contribution in [3.05, 3.63) is 0 Å². The highest BCUT2D eigenvalue weighted by Crippen LogP contribution is 2.40. The molecule has 0 radical (unpaired) electrons. The maximum Gasteiger partial charge on any atom is 0.0572 e. The SMILES string of the molecule is O[C@@H]1CCC[C@H]1[C@H]1CCC[C@@H]1O. The summed E-state index contributed by atoms with van der Waals surface area (Å²) in [5.74, 6) is 0.810. The molecule has 2 rings (SSSR count). The maximum absolute atomic E-state index is 9.66. The fourth-order valence-electron chi connectivity index (χ4n) is 2.94. The third-order valence-corrected chi connectivity index (χ3v) is 3.61. The molecule has 2 fully saturated rings. The van der Waals surface area contributed by atoms with Crippen LogP contribution in [0.1, 0.15) is 38.5 Å². The zero-order chi connectivity index (χ0) is 8.55. The van der Waals surface area contributed by atoms with Crippen molar-refractivity contribution in [2.75, 3.05) is 0 Å².